The van der Waals surface area contributed by atoms with Crippen molar-refractivity contribution in [1.82, 2.24) is 0 Å². The van der Waals surface area contributed by atoms with E-state index in [1.807, 2.05) is 0 Å². The van der Waals surface area contributed by atoms with Gasteiger partial charge in [0, 0.05) is 11.3 Å². The van der Waals surface area contributed by atoms with Crippen molar-refractivity contribution in [3.8, 4) is 11.3 Å². The molecule has 0 aliphatic carbocycles. The Kier molecular flexibility index (Phi) is 6.25. The number of sulfonamides is 1. The van der Waals surface area contributed by atoms with Crippen LogP contribution in [0.15, 0.2) is 70.0 Å². The largest absolute Gasteiger partial charge is 0.449 e. The second-order valence-corrected chi connectivity index (χ2v) is 8.22. The Hall–Kier alpha value is -3.14. The number of primary sulfonamides is 1. The molecule has 0 saturated heterocycles. The molecule has 0 aliphatic heterocycles. The molecule has 1 heterocycles. The van der Waals surface area contributed by atoms with Crippen molar-refractivity contribution in [2.45, 2.75) is 17.9 Å². The lowest BCUT2D eigenvalue weighted by Gasteiger charge is -2.13. The van der Waals surface area contributed by atoms with Gasteiger partial charge in [-0.1, -0.05) is 23.7 Å². The van der Waals surface area contributed by atoms with Gasteiger partial charge in [-0.15, -0.1) is 0 Å². The van der Waals surface area contributed by atoms with Crippen molar-refractivity contribution >= 4 is 39.2 Å². The molecule has 156 valence electrons. The summed E-state index contributed by atoms with van der Waals surface area (Å²) in [6, 6.07) is 15.2. The van der Waals surface area contributed by atoms with Crippen LogP contribution in [0, 0.1) is 0 Å². The summed E-state index contributed by atoms with van der Waals surface area (Å²) in [5.74, 6) is -1.12. The third-order valence-electron chi connectivity index (χ3n) is 4.05. The number of benzene rings is 2. The summed E-state index contributed by atoms with van der Waals surface area (Å²) in [5.41, 5.74) is 0.932. The number of nitrogens with two attached hydrogens (primary N) is 1. The lowest BCUT2D eigenvalue weighted by Crippen LogP contribution is -2.29. The third kappa shape index (κ3) is 5.07. The van der Waals surface area contributed by atoms with Crippen molar-refractivity contribution in [2.75, 3.05) is 5.32 Å². The molecule has 1 unspecified atom stereocenters. The molecule has 3 N–H and O–H groups in total. The number of nitrogens with one attached hydrogen (secondary N) is 1. The van der Waals surface area contributed by atoms with Gasteiger partial charge in [0.2, 0.25) is 15.8 Å². The average Bonchev–Trinajstić information content (AvgIpc) is 3.18. The molecule has 2 aromatic carbocycles. The molecule has 0 spiro atoms. The Labute approximate surface area is 177 Å². The second kappa shape index (κ2) is 8.70. The summed E-state index contributed by atoms with van der Waals surface area (Å²) in [6.07, 6.45) is -1.13. The summed E-state index contributed by atoms with van der Waals surface area (Å²) in [5, 5.41) is 8.01. The molecule has 0 saturated carbocycles. The minimum absolute atomic E-state index is 0.0814. The molecule has 1 aromatic heterocycles. The van der Waals surface area contributed by atoms with E-state index in [-0.39, 0.29) is 10.7 Å². The summed E-state index contributed by atoms with van der Waals surface area (Å²) in [6.45, 7) is 1.39. The minimum atomic E-state index is -3.83. The quantitative estimate of drug-likeness (QED) is 0.556. The van der Waals surface area contributed by atoms with E-state index in [0.29, 0.717) is 22.0 Å². The minimum Gasteiger partial charge on any atom is -0.449 e. The predicted octanol–water partition coefficient (Wildman–Crippen LogP) is 3.43. The van der Waals surface area contributed by atoms with Gasteiger partial charge in [0.25, 0.3) is 5.91 Å². The number of carbonyl (C=O) groups excluding carboxylic acids is 2. The first-order chi connectivity index (χ1) is 14.1. The zero-order chi connectivity index (χ0) is 21.9. The molecular weight excluding hydrogens is 432 g/mol. The number of halogens is 1. The van der Waals surface area contributed by atoms with E-state index in [4.69, 9.17) is 25.9 Å². The van der Waals surface area contributed by atoms with Crippen LogP contribution in [0.3, 0.4) is 0 Å². The van der Waals surface area contributed by atoms with Gasteiger partial charge in [-0.2, -0.15) is 0 Å². The van der Waals surface area contributed by atoms with Gasteiger partial charge in [0.15, 0.2) is 6.10 Å². The fourth-order valence-corrected chi connectivity index (χ4v) is 3.24. The Morgan fingerprint density at radius 1 is 1.07 bits per heavy atom. The van der Waals surface area contributed by atoms with Crippen LogP contribution in [0.5, 0.6) is 0 Å². The molecule has 8 nitrogen and oxygen atoms in total. The Morgan fingerprint density at radius 2 is 1.73 bits per heavy atom. The van der Waals surface area contributed by atoms with Crippen molar-refractivity contribution in [3.05, 3.63) is 71.4 Å². The van der Waals surface area contributed by atoms with Crippen molar-refractivity contribution < 1.29 is 27.2 Å². The summed E-state index contributed by atoms with van der Waals surface area (Å²) < 4.78 is 33.1. The Morgan fingerprint density at radius 3 is 2.37 bits per heavy atom. The van der Waals surface area contributed by atoms with Crippen LogP contribution in [0.4, 0.5) is 5.69 Å². The highest BCUT2D eigenvalue weighted by molar-refractivity contribution is 7.89. The number of hydrogen-bond acceptors (Lipinski definition) is 6. The van der Waals surface area contributed by atoms with Gasteiger partial charge < -0.3 is 14.5 Å². The van der Waals surface area contributed by atoms with Crippen LogP contribution < -0.4 is 10.5 Å². The monoisotopic (exact) mass is 448 g/mol. The van der Waals surface area contributed by atoms with Gasteiger partial charge in [0.1, 0.15) is 5.76 Å². The number of hydrogen-bond donors (Lipinski definition) is 2. The van der Waals surface area contributed by atoms with E-state index in [1.165, 1.54) is 37.3 Å². The maximum atomic E-state index is 12.3. The lowest BCUT2D eigenvalue weighted by atomic mass is 10.2. The van der Waals surface area contributed by atoms with Crippen LogP contribution in [-0.2, 0) is 19.6 Å². The van der Waals surface area contributed by atoms with E-state index < -0.39 is 28.0 Å². The molecular formula is C20H17ClN2O6S. The van der Waals surface area contributed by atoms with Gasteiger partial charge in [0.05, 0.1) is 9.92 Å². The van der Waals surface area contributed by atoms with Crippen LogP contribution >= 0.6 is 11.6 Å². The fourth-order valence-electron chi connectivity index (χ4n) is 2.50. The third-order valence-corrected chi connectivity index (χ3v) is 5.31. The highest BCUT2D eigenvalue weighted by atomic mass is 35.5. The van der Waals surface area contributed by atoms with Gasteiger partial charge in [-0.3, -0.25) is 4.79 Å². The van der Waals surface area contributed by atoms with E-state index >= 15 is 0 Å². The average molecular weight is 449 g/mol. The van der Waals surface area contributed by atoms with Crippen LogP contribution in [-0.4, -0.2) is 26.4 Å². The number of furan rings is 1. The topological polar surface area (TPSA) is 129 Å². The molecule has 3 rings (SSSR count). The van der Waals surface area contributed by atoms with Gasteiger partial charge >= 0.3 is 5.97 Å². The zero-order valence-electron chi connectivity index (χ0n) is 15.7. The lowest BCUT2D eigenvalue weighted by molar-refractivity contribution is -0.123. The Bertz CT molecular complexity index is 1190. The molecule has 10 heteroatoms. The van der Waals surface area contributed by atoms with Crippen LogP contribution in [0.2, 0.25) is 5.02 Å². The Balaban J connectivity index is 1.63. The normalized spacial score (nSPS) is 12.2. The summed E-state index contributed by atoms with van der Waals surface area (Å²) in [7, 11) is -3.83. The van der Waals surface area contributed by atoms with E-state index in [1.54, 1.807) is 30.3 Å². The van der Waals surface area contributed by atoms with Crippen molar-refractivity contribution in [3.63, 3.8) is 0 Å². The first-order valence-electron chi connectivity index (χ1n) is 8.64. The first-order valence-corrected chi connectivity index (χ1v) is 10.6. The molecule has 1 amide bonds. The fraction of sp³-hybridized carbons (Fsp3) is 0.100. The van der Waals surface area contributed by atoms with Gasteiger partial charge in [-0.25, -0.2) is 18.4 Å². The second-order valence-electron chi connectivity index (χ2n) is 6.25. The number of rotatable bonds is 6. The molecule has 3 aromatic rings. The molecule has 0 radical (unpaired) electrons. The molecule has 1 atom stereocenters. The van der Waals surface area contributed by atoms with Crippen LogP contribution in [0.1, 0.15) is 17.5 Å². The van der Waals surface area contributed by atoms with E-state index in [0.717, 1.165) is 0 Å². The SMILES string of the molecule is CC(OC(=O)c1ccc(-c2ccccc2Cl)o1)C(=O)Nc1ccc(S(N)(=O)=O)cc1. The van der Waals surface area contributed by atoms with Gasteiger partial charge in [-0.05, 0) is 55.5 Å². The first kappa shape index (κ1) is 21.6. The van der Waals surface area contributed by atoms with Crippen molar-refractivity contribution in [2.24, 2.45) is 5.14 Å². The smallest absolute Gasteiger partial charge is 0.375 e. The number of anilines is 1. The zero-order valence-corrected chi connectivity index (χ0v) is 17.2. The van der Waals surface area contributed by atoms with Crippen molar-refractivity contribution in [1.29, 1.82) is 0 Å². The molecule has 0 fully saturated rings. The molecule has 0 bridgehead atoms. The number of esters is 1. The predicted molar refractivity (Wildman–Crippen MR) is 110 cm³/mol. The maximum absolute atomic E-state index is 12.3. The number of carbonyl (C=O) groups is 2. The molecule has 0 aliphatic rings. The van der Waals surface area contributed by atoms with E-state index in [9.17, 15) is 18.0 Å². The number of amides is 1. The summed E-state index contributed by atoms with van der Waals surface area (Å²) in [4.78, 5) is 24.4. The molecule has 30 heavy (non-hydrogen) atoms. The summed E-state index contributed by atoms with van der Waals surface area (Å²) >= 11 is 6.12. The highest BCUT2D eigenvalue weighted by Crippen LogP contribution is 2.29. The standard InChI is InChI=1S/C20H17ClN2O6S/c1-12(19(24)23-13-6-8-14(9-7-13)30(22,26)27)28-20(25)18-11-10-17(29-18)15-4-2-3-5-16(15)21/h2-12H,1H3,(H,23,24)(H2,22,26,27). The highest BCUT2D eigenvalue weighted by Gasteiger charge is 2.22. The van der Waals surface area contributed by atoms with E-state index in [2.05, 4.69) is 5.32 Å². The maximum Gasteiger partial charge on any atom is 0.375 e. The van der Waals surface area contributed by atoms with Crippen LogP contribution in [0.25, 0.3) is 11.3 Å². The number of ether oxygens (including phenoxy) is 1.